The van der Waals surface area contributed by atoms with Crippen molar-refractivity contribution in [1.82, 2.24) is 4.98 Å². The van der Waals surface area contributed by atoms with Crippen molar-refractivity contribution in [3.05, 3.63) is 60.7 Å². The summed E-state index contributed by atoms with van der Waals surface area (Å²) in [6, 6.07) is 16.9. The number of unbranched alkanes of at least 4 members (excludes halogenated alkanes) is 1. The minimum atomic E-state index is 1.06. The second-order valence-corrected chi connectivity index (χ2v) is 7.82. The van der Waals surface area contributed by atoms with Crippen molar-refractivity contribution < 1.29 is 0 Å². The Morgan fingerprint density at radius 1 is 1.04 bits per heavy atom. The van der Waals surface area contributed by atoms with Crippen LogP contribution >= 0.6 is 23.1 Å². The van der Waals surface area contributed by atoms with Crippen molar-refractivity contribution in [1.29, 1.82) is 0 Å². The normalized spacial score (nSPS) is 10.8. The molecule has 1 aromatic carbocycles. The molecule has 0 unspecified atom stereocenters. The van der Waals surface area contributed by atoms with Gasteiger partial charge in [-0.25, -0.2) is 4.98 Å². The highest BCUT2D eigenvalue weighted by Gasteiger charge is 2.06. The predicted molar refractivity (Wildman–Crippen MR) is 111 cm³/mol. The quantitative estimate of drug-likeness (QED) is 0.268. The molecule has 3 rings (SSSR count). The third-order valence-corrected chi connectivity index (χ3v) is 5.84. The number of nitrogens with zero attached hydrogens (tertiary/aromatic N) is 1. The number of benzene rings is 1. The van der Waals surface area contributed by atoms with Crippen LogP contribution in [0.15, 0.2) is 64.9 Å². The van der Waals surface area contributed by atoms with E-state index in [1.54, 1.807) is 0 Å². The van der Waals surface area contributed by atoms with E-state index < -0.39 is 0 Å². The van der Waals surface area contributed by atoms with Crippen molar-refractivity contribution >= 4 is 33.3 Å². The maximum atomic E-state index is 4.80. The number of fused-ring (bicyclic) bond motifs is 1. The molecular formula is C21H25NS2. The van der Waals surface area contributed by atoms with Gasteiger partial charge >= 0.3 is 0 Å². The zero-order chi connectivity index (χ0) is 17.2. The highest BCUT2D eigenvalue weighted by molar-refractivity contribution is 8.01. The minimum Gasteiger partial charge on any atom is -0.237 e. The van der Waals surface area contributed by atoms with Gasteiger partial charge in [-0.15, -0.1) is 23.1 Å². The predicted octanol–water partition coefficient (Wildman–Crippen LogP) is 7.44. The van der Waals surface area contributed by atoms with Crippen LogP contribution in [0.3, 0.4) is 0 Å². The second-order valence-electron chi connectivity index (χ2n) is 5.39. The molecule has 0 aliphatic rings. The van der Waals surface area contributed by atoms with Crippen LogP contribution in [0.1, 0.15) is 33.6 Å². The van der Waals surface area contributed by atoms with E-state index in [0.29, 0.717) is 0 Å². The Balaban J connectivity index is 0.000000471. The number of pyridine rings is 1. The molecular weight excluding hydrogens is 330 g/mol. The molecule has 24 heavy (non-hydrogen) atoms. The van der Waals surface area contributed by atoms with Gasteiger partial charge in [0.2, 0.25) is 0 Å². The molecule has 126 valence electrons. The summed E-state index contributed by atoms with van der Waals surface area (Å²) in [6.45, 7) is 6.24. The summed E-state index contributed by atoms with van der Waals surface area (Å²) in [4.78, 5) is 5.94. The number of thioether (sulfide) groups is 1. The molecule has 0 bridgehead atoms. The fourth-order valence-corrected chi connectivity index (χ4v) is 4.38. The van der Waals surface area contributed by atoms with Crippen molar-refractivity contribution in [2.45, 2.75) is 37.8 Å². The lowest BCUT2D eigenvalue weighted by molar-refractivity contribution is 0.896. The summed E-state index contributed by atoms with van der Waals surface area (Å²) in [5, 5.41) is 1.26. The second kappa shape index (κ2) is 10.3. The number of thiophene rings is 1. The maximum Gasteiger partial charge on any atom is 0.125 e. The first-order valence-electron chi connectivity index (χ1n) is 8.44. The fourth-order valence-electron chi connectivity index (χ4n) is 2.05. The van der Waals surface area contributed by atoms with E-state index in [-0.39, 0.29) is 0 Å². The molecule has 0 aliphatic carbocycles. The Kier molecular flexibility index (Phi) is 8.06. The fraction of sp³-hybridized carbons (Fsp3) is 0.286. The number of allylic oxidation sites excluding steroid dienone is 2. The molecule has 0 fully saturated rings. The molecule has 0 aliphatic heterocycles. The van der Waals surface area contributed by atoms with Gasteiger partial charge in [-0.3, -0.25) is 0 Å². The van der Waals surface area contributed by atoms with Crippen LogP contribution in [-0.4, -0.2) is 10.7 Å². The van der Waals surface area contributed by atoms with Gasteiger partial charge in [-0.05, 0) is 44.2 Å². The van der Waals surface area contributed by atoms with Crippen LogP contribution in [0.25, 0.3) is 21.5 Å². The van der Waals surface area contributed by atoms with Crippen molar-refractivity contribution in [2.75, 3.05) is 5.75 Å². The molecule has 3 heteroatoms. The summed E-state index contributed by atoms with van der Waals surface area (Å²) in [6.07, 6.45) is 6.54. The zero-order valence-corrected chi connectivity index (χ0v) is 16.3. The van der Waals surface area contributed by atoms with Crippen LogP contribution in [0, 0.1) is 0 Å². The van der Waals surface area contributed by atoms with Crippen molar-refractivity contribution in [2.24, 2.45) is 0 Å². The van der Waals surface area contributed by atoms with Crippen LogP contribution < -0.4 is 0 Å². The lowest BCUT2D eigenvalue weighted by atomic mass is 10.1. The zero-order valence-electron chi connectivity index (χ0n) is 14.7. The largest absolute Gasteiger partial charge is 0.237 e. The monoisotopic (exact) mass is 355 g/mol. The number of aromatic nitrogens is 1. The van der Waals surface area contributed by atoms with Gasteiger partial charge in [0.15, 0.2) is 0 Å². The third kappa shape index (κ3) is 5.50. The third-order valence-electron chi connectivity index (χ3n) is 3.51. The van der Waals surface area contributed by atoms with Crippen LogP contribution in [0.5, 0.6) is 0 Å². The van der Waals surface area contributed by atoms with Gasteiger partial charge < -0.3 is 0 Å². The maximum absolute atomic E-state index is 4.80. The van der Waals surface area contributed by atoms with E-state index in [1.807, 2.05) is 55.2 Å². The van der Waals surface area contributed by atoms with Crippen molar-refractivity contribution in [3.8, 4) is 11.3 Å². The molecule has 0 spiro atoms. The van der Waals surface area contributed by atoms with Crippen LogP contribution in [-0.2, 0) is 0 Å². The molecule has 0 saturated heterocycles. The van der Waals surface area contributed by atoms with Gasteiger partial charge in [0, 0.05) is 10.9 Å². The molecule has 2 aromatic heterocycles. The Morgan fingerprint density at radius 3 is 2.46 bits per heavy atom. The molecule has 0 N–H and O–H groups in total. The van der Waals surface area contributed by atoms with E-state index in [4.69, 9.17) is 4.98 Å². The van der Waals surface area contributed by atoms with Crippen LogP contribution in [0.4, 0.5) is 0 Å². The van der Waals surface area contributed by atoms with E-state index in [2.05, 4.69) is 49.4 Å². The Bertz CT molecular complexity index is 756. The highest BCUT2D eigenvalue weighted by atomic mass is 32.2. The van der Waals surface area contributed by atoms with Crippen molar-refractivity contribution in [3.63, 3.8) is 0 Å². The number of rotatable bonds is 5. The van der Waals surface area contributed by atoms with Gasteiger partial charge in [-0.2, -0.15) is 0 Å². The summed E-state index contributed by atoms with van der Waals surface area (Å²) in [7, 11) is 0. The first-order valence-corrected chi connectivity index (χ1v) is 10.2. The van der Waals surface area contributed by atoms with Gasteiger partial charge in [-0.1, -0.05) is 55.8 Å². The van der Waals surface area contributed by atoms with Crippen LogP contribution in [0.2, 0.25) is 0 Å². The number of hydrogen-bond donors (Lipinski definition) is 0. The average molecular weight is 356 g/mol. The lowest BCUT2D eigenvalue weighted by Crippen LogP contribution is -1.81. The average Bonchev–Trinajstić information content (AvgIpc) is 3.05. The molecule has 0 atom stereocenters. The molecule has 0 saturated carbocycles. The minimum absolute atomic E-state index is 1.06. The first kappa shape index (κ1) is 18.8. The van der Waals surface area contributed by atoms with E-state index in [0.717, 1.165) is 10.5 Å². The van der Waals surface area contributed by atoms with E-state index in [1.165, 1.54) is 33.8 Å². The molecule has 1 nitrogen and oxygen atoms in total. The standard InChI is InChI=1S/C17H17NS2.C4H8/c1-2-3-11-19-16-12-14-9-10-15(18-17(14)20-16)13-7-5-4-6-8-13;1-3-4-2/h4-10,12H,2-3,11H2,1H3;3-4H,1-2H3/b;4-3-. The smallest absolute Gasteiger partial charge is 0.125 e. The van der Waals surface area contributed by atoms with E-state index >= 15 is 0 Å². The molecule has 0 radical (unpaired) electrons. The molecule has 2 heterocycles. The topological polar surface area (TPSA) is 12.9 Å². The SMILES string of the molecule is C/C=C\C.CCCCSc1cc2ccc(-c3ccccc3)nc2s1. The molecule has 3 aromatic rings. The summed E-state index contributed by atoms with van der Waals surface area (Å²) >= 11 is 3.76. The van der Waals surface area contributed by atoms with Gasteiger partial charge in [0.1, 0.15) is 4.83 Å². The number of hydrogen-bond acceptors (Lipinski definition) is 3. The lowest BCUT2D eigenvalue weighted by Gasteiger charge is -1.99. The molecule has 0 amide bonds. The Labute approximate surface area is 153 Å². The Morgan fingerprint density at radius 2 is 1.79 bits per heavy atom. The Hall–Kier alpha value is -1.58. The van der Waals surface area contributed by atoms with E-state index in [9.17, 15) is 0 Å². The summed E-state index contributed by atoms with van der Waals surface area (Å²) in [5.74, 6) is 1.20. The summed E-state index contributed by atoms with van der Waals surface area (Å²) in [5.41, 5.74) is 2.24. The first-order chi connectivity index (χ1) is 11.8. The van der Waals surface area contributed by atoms with Gasteiger partial charge in [0.25, 0.3) is 0 Å². The highest BCUT2D eigenvalue weighted by Crippen LogP contribution is 2.33. The van der Waals surface area contributed by atoms with Gasteiger partial charge in [0.05, 0.1) is 9.90 Å². The summed E-state index contributed by atoms with van der Waals surface area (Å²) < 4.78 is 1.38.